The Hall–Kier alpha value is -4.09. The molecule has 0 aliphatic carbocycles. The van der Waals surface area contributed by atoms with Crippen LogP contribution in [-0.2, 0) is 24.3 Å². The molecule has 194 valence electrons. The first-order chi connectivity index (χ1) is 17.6. The first-order valence-electron chi connectivity index (χ1n) is 10.6. The molecule has 0 atom stereocenters. The van der Waals surface area contributed by atoms with Crippen LogP contribution in [0, 0.1) is 0 Å². The molecule has 0 spiro atoms. The maximum absolute atomic E-state index is 13.5. The van der Waals surface area contributed by atoms with Crippen LogP contribution < -0.4 is 14.4 Å². The Morgan fingerprint density at radius 3 is 1.97 bits per heavy atom. The van der Waals surface area contributed by atoms with Crippen LogP contribution in [0.5, 0.6) is 5.75 Å². The summed E-state index contributed by atoms with van der Waals surface area (Å²) in [7, 11) is -0.461. The Labute approximate surface area is 218 Å². The lowest BCUT2D eigenvalue weighted by atomic mass is 10.1. The summed E-state index contributed by atoms with van der Waals surface area (Å²) >= 11 is 6.22. The van der Waals surface area contributed by atoms with E-state index < -0.39 is 34.4 Å². The third-order valence-electron chi connectivity index (χ3n) is 5.10. The normalized spacial score (nSPS) is 10.8. The fourth-order valence-electron chi connectivity index (χ4n) is 3.35. The number of esters is 2. The van der Waals surface area contributed by atoms with Gasteiger partial charge >= 0.3 is 11.9 Å². The van der Waals surface area contributed by atoms with Crippen molar-refractivity contribution in [1.29, 1.82) is 0 Å². The topological polar surface area (TPSA) is 128 Å². The zero-order valence-corrected chi connectivity index (χ0v) is 21.6. The van der Waals surface area contributed by atoms with Crippen molar-refractivity contribution >= 4 is 50.8 Å². The highest BCUT2D eigenvalue weighted by Crippen LogP contribution is 2.32. The fraction of sp³-hybridized carbons (Fsp3) is 0.160. The van der Waals surface area contributed by atoms with Crippen molar-refractivity contribution in [2.24, 2.45) is 0 Å². The second-order valence-electron chi connectivity index (χ2n) is 7.47. The highest BCUT2D eigenvalue weighted by molar-refractivity contribution is 7.92. The second kappa shape index (κ2) is 11.8. The summed E-state index contributed by atoms with van der Waals surface area (Å²) in [4.78, 5) is 37.1. The average Bonchev–Trinajstić information content (AvgIpc) is 2.90. The molecule has 3 aromatic rings. The van der Waals surface area contributed by atoms with Gasteiger partial charge in [0.05, 0.1) is 48.1 Å². The van der Waals surface area contributed by atoms with Crippen LogP contribution >= 0.6 is 11.6 Å². The van der Waals surface area contributed by atoms with E-state index in [9.17, 15) is 22.8 Å². The quantitative estimate of drug-likeness (QED) is 0.402. The van der Waals surface area contributed by atoms with Crippen molar-refractivity contribution < 1.29 is 37.0 Å². The molecule has 1 N–H and O–H groups in total. The van der Waals surface area contributed by atoms with Gasteiger partial charge in [-0.05, 0) is 48.5 Å². The molecule has 3 rings (SSSR count). The summed E-state index contributed by atoms with van der Waals surface area (Å²) in [5.74, 6) is -1.93. The molecule has 0 radical (unpaired) electrons. The molecule has 0 saturated heterocycles. The molecule has 37 heavy (non-hydrogen) atoms. The summed E-state index contributed by atoms with van der Waals surface area (Å²) in [5, 5.41) is 2.66. The summed E-state index contributed by atoms with van der Waals surface area (Å²) < 4.78 is 42.4. The van der Waals surface area contributed by atoms with E-state index in [1.807, 2.05) is 0 Å². The van der Waals surface area contributed by atoms with Gasteiger partial charge in [-0.25, -0.2) is 18.0 Å². The minimum atomic E-state index is -4.20. The van der Waals surface area contributed by atoms with Gasteiger partial charge in [-0.3, -0.25) is 9.10 Å². The van der Waals surface area contributed by atoms with Gasteiger partial charge in [0.15, 0.2) is 0 Å². The molecule has 10 nitrogen and oxygen atoms in total. The van der Waals surface area contributed by atoms with Crippen molar-refractivity contribution in [3.05, 3.63) is 82.9 Å². The number of methoxy groups -OCH3 is 3. The Bertz CT molecular complexity index is 1390. The lowest BCUT2D eigenvalue weighted by Crippen LogP contribution is -2.38. The van der Waals surface area contributed by atoms with Crippen LogP contribution in [0.3, 0.4) is 0 Å². The van der Waals surface area contributed by atoms with Crippen LogP contribution in [0.15, 0.2) is 71.6 Å². The van der Waals surface area contributed by atoms with Crippen molar-refractivity contribution in [3.8, 4) is 5.75 Å². The number of carbonyl (C=O) groups is 3. The maximum Gasteiger partial charge on any atom is 0.337 e. The molecule has 3 aromatic carbocycles. The van der Waals surface area contributed by atoms with Crippen LogP contribution in [0.2, 0.25) is 5.02 Å². The number of halogens is 1. The Morgan fingerprint density at radius 2 is 1.46 bits per heavy atom. The average molecular weight is 547 g/mol. The van der Waals surface area contributed by atoms with Gasteiger partial charge in [0, 0.05) is 5.69 Å². The van der Waals surface area contributed by atoms with Crippen LogP contribution in [0.25, 0.3) is 0 Å². The van der Waals surface area contributed by atoms with Crippen LogP contribution in [0.4, 0.5) is 11.4 Å². The first kappa shape index (κ1) is 27.5. The molecular weight excluding hydrogens is 524 g/mol. The molecule has 12 heteroatoms. The monoisotopic (exact) mass is 546 g/mol. The lowest BCUT2D eigenvalue weighted by Gasteiger charge is -2.24. The second-order valence-corrected chi connectivity index (χ2v) is 9.74. The van der Waals surface area contributed by atoms with Crippen molar-refractivity contribution in [1.82, 2.24) is 0 Å². The number of nitrogens with one attached hydrogen (secondary N) is 1. The number of nitrogens with zero attached hydrogens (tertiary/aromatic N) is 1. The van der Waals surface area contributed by atoms with Crippen molar-refractivity contribution in [3.63, 3.8) is 0 Å². The highest BCUT2D eigenvalue weighted by atomic mass is 35.5. The number of ether oxygens (including phenoxy) is 3. The van der Waals surface area contributed by atoms with E-state index >= 15 is 0 Å². The van der Waals surface area contributed by atoms with E-state index in [-0.39, 0.29) is 32.4 Å². The van der Waals surface area contributed by atoms with Gasteiger partial charge in [0.1, 0.15) is 12.3 Å². The standard InChI is InChI=1S/C25H23ClN2O8S/c1-34-22-10-9-19(14-21(22)26)28(37(32,33)20-7-5-4-6-8-20)15-23(29)27-18-12-16(24(30)35-2)11-17(13-18)25(31)36-3/h4-14H,15H2,1-3H3,(H,27,29). The third kappa shape index (κ3) is 6.38. The minimum Gasteiger partial charge on any atom is -0.495 e. The summed E-state index contributed by atoms with van der Waals surface area (Å²) in [6, 6.07) is 15.7. The molecule has 0 fully saturated rings. The Balaban J connectivity index is 2.00. The van der Waals surface area contributed by atoms with Gasteiger partial charge < -0.3 is 19.5 Å². The number of benzene rings is 3. The summed E-state index contributed by atoms with van der Waals surface area (Å²) in [6.45, 7) is -0.657. The largest absolute Gasteiger partial charge is 0.495 e. The van der Waals surface area contributed by atoms with Gasteiger partial charge in [0.25, 0.3) is 10.0 Å². The van der Waals surface area contributed by atoms with Crippen LogP contribution in [-0.4, -0.2) is 54.1 Å². The van der Waals surface area contributed by atoms with Crippen LogP contribution in [0.1, 0.15) is 20.7 Å². The molecule has 0 unspecified atom stereocenters. The van der Waals surface area contributed by atoms with E-state index in [2.05, 4.69) is 5.32 Å². The summed E-state index contributed by atoms with van der Waals surface area (Å²) in [6.07, 6.45) is 0. The van der Waals surface area contributed by atoms with Gasteiger partial charge in [-0.15, -0.1) is 0 Å². The van der Waals surface area contributed by atoms with E-state index in [4.69, 9.17) is 25.8 Å². The molecule has 0 aliphatic heterocycles. The molecule has 0 aromatic heterocycles. The number of hydrogen-bond acceptors (Lipinski definition) is 8. The van der Waals surface area contributed by atoms with Gasteiger partial charge in [-0.1, -0.05) is 29.8 Å². The van der Waals surface area contributed by atoms with E-state index in [0.29, 0.717) is 5.75 Å². The number of hydrogen-bond donors (Lipinski definition) is 1. The number of sulfonamides is 1. The highest BCUT2D eigenvalue weighted by Gasteiger charge is 2.28. The molecule has 0 heterocycles. The zero-order valence-electron chi connectivity index (χ0n) is 20.1. The predicted octanol–water partition coefficient (Wildman–Crippen LogP) is 3.76. The Kier molecular flexibility index (Phi) is 8.74. The van der Waals surface area contributed by atoms with E-state index in [1.165, 1.54) is 55.6 Å². The SMILES string of the molecule is COC(=O)c1cc(NC(=O)CN(c2ccc(OC)c(Cl)c2)S(=O)(=O)c2ccccc2)cc(C(=O)OC)c1. The van der Waals surface area contributed by atoms with E-state index in [1.54, 1.807) is 18.2 Å². The fourth-order valence-corrected chi connectivity index (χ4v) is 5.03. The van der Waals surface area contributed by atoms with Gasteiger partial charge in [-0.2, -0.15) is 0 Å². The predicted molar refractivity (Wildman–Crippen MR) is 137 cm³/mol. The van der Waals surface area contributed by atoms with Crippen molar-refractivity contribution in [2.45, 2.75) is 4.90 Å². The lowest BCUT2D eigenvalue weighted by molar-refractivity contribution is -0.114. The third-order valence-corrected chi connectivity index (χ3v) is 7.18. The first-order valence-corrected chi connectivity index (χ1v) is 12.5. The van der Waals surface area contributed by atoms with Crippen molar-refractivity contribution in [2.75, 3.05) is 37.5 Å². The smallest absolute Gasteiger partial charge is 0.337 e. The molecule has 0 saturated carbocycles. The zero-order chi connectivity index (χ0) is 27.2. The number of rotatable bonds is 9. The number of anilines is 2. The van der Waals surface area contributed by atoms with Gasteiger partial charge in [0.2, 0.25) is 5.91 Å². The molecule has 0 bridgehead atoms. The Morgan fingerprint density at radius 1 is 0.865 bits per heavy atom. The van der Waals surface area contributed by atoms with E-state index in [0.717, 1.165) is 18.5 Å². The molecule has 1 amide bonds. The molecule has 0 aliphatic rings. The summed E-state index contributed by atoms with van der Waals surface area (Å²) in [5.41, 5.74) is 0.134. The minimum absolute atomic E-state index is 0.0172. The molecular formula is C25H23ClN2O8S. The number of amides is 1. The maximum atomic E-state index is 13.5. The number of carbonyl (C=O) groups excluding carboxylic acids is 3.